The van der Waals surface area contributed by atoms with Gasteiger partial charge in [0.2, 0.25) is 0 Å². The Morgan fingerprint density at radius 3 is 2.48 bits per heavy atom. The maximum absolute atomic E-state index is 13.7. The molecule has 2 aromatic rings. The lowest BCUT2D eigenvalue weighted by Gasteiger charge is -2.10. The molecular formula is C15H14FNO4. The quantitative estimate of drug-likeness (QED) is 0.809. The van der Waals surface area contributed by atoms with Gasteiger partial charge < -0.3 is 20.3 Å². The molecule has 110 valence electrons. The van der Waals surface area contributed by atoms with Crippen LogP contribution >= 0.6 is 0 Å². The van der Waals surface area contributed by atoms with Crippen LogP contribution in [0.4, 0.5) is 10.1 Å². The number of rotatable bonds is 4. The summed E-state index contributed by atoms with van der Waals surface area (Å²) in [4.78, 5) is 12.0. The number of hydrogen-bond donors (Lipinski definition) is 3. The summed E-state index contributed by atoms with van der Waals surface area (Å²) in [5.41, 5.74) is -0.0876. The van der Waals surface area contributed by atoms with Crippen LogP contribution in [0.25, 0.3) is 0 Å². The summed E-state index contributed by atoms with van der Waals surface area (Å²) >= 11 is 0. The fraction of sp³-hybridized carbons (Fsp3) is 0.133. The van der Waals surface area contributed by atoms with Crippen molar-refractivity contribution in [1.29, 1.82) is 0 Å². The van der Waals surface area contributed by atoms with Crippen LogP contribution in [-0.2, 0) is 0 Å². The molecule has 21 heavy (non-hydrogen) atoms. The molecular weight excluding hydrogens is 277 g/mol. The second kappa shape index (κ2) is 6.13. The van der Waals surface area contributed by atoms with Crippen LogP contribution in [0.15, 0.2) is 36.4 Å². The van der Waals surface area contributed by atoms with Crippen LogP contribution in [0.2, 0.25) is 0 Å². The molecule has 0 saturated heterocycles. The zero-order chi connectivity index (χ0) is 15.4. The lowest BCUT2D eigenvalue weighted by molar-refractivity contribution is 0.102. The van der Waals surface area contributed by atoms with Gasteiger partial charge in [-0.15, -0.1) is 0 Å². The normalized spacial score (nSPS) is 10.2. The van der Waals surface area contributed by atoms with Crippen molar-refractivity contribution in [3.05, 3.63) is 47.8 Å². The zero-order valence-corrected chi connectivity index (χ0v) is 11.3. The number of amides is 1. The number of phenols is 2. The first-order valence-corrected chi connectivity index (χ1v) is 6.27. The van der Waals surface area contributed by atoms with Gasteiger partial charge in [0.05, 0.1) is 6.61 Å². The van der Waals surface area contributed by atoms with Gasteiger partial charge in [0.1, 0.15) is 17.1 Å². The van der Waals surface area contributed by atoms with E-state index in [2.05, 4.69) is 5.32 Å². The highest BCUT2D eigenvalue weighted by Gasteiger charge is 2.16. The van der Waals surface area contributed by atoms with Crippen molar-refractivity contribution in [2.75, 3.05) is 11.9 Å². The fourth-order valence-electron chi connectivity index (χ4n) is 1.81. The molecule has 0 saturated carbocycles. The second-order valence-corrected chi connectivity index (χ2v) is 4.20. The molecule has 6 heteroatoms. The van der Waals surface area contributed by atoms with E-state index in [1.54, 1.807) is 6.92 Å². The van der Waals surface area contributed by atoms with Crippen molar-refractivity contribution in [2.45, 2.75) is 6.92 Å². The van der Waals surface area contributed by atoms with Gasteiger partial charge in [-0.2, -0.15) is 0 Å². The summed E-state index contributed by atoms with van der Waals surface area (Å²) in [6.07, 6.45) is 0. The third-order valence-electron chi connectivity index (χ3n) is 2.74. The van der Waals surface area contributed by atoms with Crippen molar-refractivity contribution < 1.29 is 24.1 Å². The van der Waals surface area contributed by atoms with Crippen LogP contribution in [0.3, 0.4) is 0 Å². The predicted octanol–water partition coefficient (Wildman–Crippen LogP) is 2.89. The Morgan fingerprint density at radius 2 is 1.90 bits per heavy atom. The standard InChI is InChI=1S/C15H14FNO4/c1-2-21-13-7-6-9(8-10(13)16)17-15(20)14-11(18)4-3-5-12(14)19/h3-8,18-19H,2H2,1H3,(H,17,20). The highest BCUT2D eigenvalue weighted by Crippen LogP contribution is 2.28. The van der Waals surface area contributed by atoms with E-state index in [0.29, 0.717) is 6.61 Å². The van der Waals surface area contributed by atoms with Gasteiger partial charge in [0.15, 0.2) is 11.6 Å². The number of ether oxygens (including phenoxy) is 1. The molecule has 0 aliphatic carbocycles. The number of carbonyl (C=O) groups excluding carboxylic acids is 1. The SMILES string of the molecule is CCOc1ccc(NC(=O)c2c(O)cccc2O)cc1F. The molecule has 0 aromatic heterocycles. The smallest absolute Gasteiger partial charge is 0.263 e. The number of anilines is 1. The Balaban J connectivity index is 2.22. The summed E-state index contributed by atoms with van der Waals surface area (Å²) in [5.74, 6) is -2.00. The zero-order valence-electron chi connectivity index (χ0n) is 11.3. The molecule has 1 amide bonds. The molecule has 0 heterocycles. The first-order chi connectivity index (χ1) is 10.0. The largest absolute Gasteiger partial charge is 0.507 e. The van der Waals surface area contributed by atoms with Gasteiger partial charge in [0, 0.05) is 11.8 Å². The van der Waals surface area contributed by atoms with Crippen LogP contribution in [0.1, 0.15) is 17.3 Å². The van der Waals surface area contributed by atoms with Gasteiger partial charge in [-0.1, -0.05) is 6.07 Å². The number of phenolic OH excluding ortho intramolecular Hbond substituents is 2. The molecule has 0 aliphatic heterocycles. The Kier molecular flexibility index (Phi) is 4.27. The molecule has 3 N–H and O–H groups in total. The highest BCUT2D eigenvalue weighted by atomic mass is 19.1. The topological polar surface area (TPSA) is 78.8 Å². The van der Waals surface area contributed by atoms with E-state index in [-0.39, 0.29) is 28.5 Å². The minimum absolute atomic E-state index is 0.0842. The molecule has 0 bridgehead atoms. The first kappa shape index (κ1) is 14.6. The van der Waals surface area contributed by atoms with Gasteiger partial charge in [-0.25, -0.2) is 4.39 Å². The minimum atomic E-state index is -0.742. The van der Waals surface area contributed by atoms with Gasteiger partial charge in [-0.05, 0) is 31.2 Å². The summed E-state index contributed by atoms with van der Waals surface area (Å²) < 4.78 is 18.7. The van der Waals surface area contributed by atoms with Crippen LogP contribution in [-0.4, -0.2) is 22.7 Å². The van der Waals surface area contributed by atoms with Gasteiger partial charge in [-0.3, -0.25) is 4.79 Å². The van der Waals surface area contributed by atoms with E-state index in [0.717, 1.165) is 6.07 Å². The predicted molar refractivity (Wildman–Crippen MR) is 75.3 cm³/mol. The number of benzene rings is 2. The van der Waals surface area contributed by atoms with E-state index in [9.17, 15) is 19.4 Å². The Morgan fingerprint density at radius 1 is 1.24 bits per heavy atom. The minimum Gasteiger partial charge on any atom is -0.507 e. The highest BCUT2D eigenvalue weighted by molar-refractivity contribution is 6.08. The molecule has 0 spiro atoms. The monoisotopic (exact) mass is 291 g/mol. The van der Waals surface area contributed by atoms with Crippen LogP contribution < -0.4 is 10.1 Å². The van der Waals surface area contributed by atoms with Gasteiger partial charge >= 0.3 is 0 Å². The molecule has 0 fully saturated rings. The van der Waals surface area contributed by atoms with Crippen LogP contribution in [0, 0.1) is 5.82 Å². The lowest BCUT2D eigenvalue weighted by Crippen LogP contribution is -2.12. The third-order valence-corrected chi connectivity index (χ3v) is 2.74. The van der Waals surface area contributed by atoms with Crippen molar-refractivity contribution >= 4 is 11.6 Å². The van der Waals surface area contributed by atoms with Crippen LogP contribution in [0.5, 0.6) is 17.2 Å². The first-order valence-electron chi connectivity index (χ1n) is 6.27. The number of hydrogen-bond acceptors (Lipinski definition) is 4. The average Bonchev–Trinajstić information content (AvgIpc) is 2.42. The van der Waals surface area contributed by atoms with E-state index in [1.807, 2.05) is 0 Å². The van der Waals surface area contributed by atoms with Crippen molar-refractivity contribution in [1.82, 2.24) is 0 Å². The summed E-state index contributed by atoms with van der Waals surface area (Å²) in [6, 6.07) is 7.89. The molecule has 2 aromatic carbocycles. The number of nitrogens with one attached hydrogen (secondary N) is 1. The molecule has 0 aliphatic rings. The average molecular weight is 291 g/mol. The van der Waals surface area contributed by atoms with E-state index in [1.165, 1.54) is 30.3 Å². The van der Waals surface area contributed by atoms with E-state index in [4.69, 9.17) is 4.74 Å². The number of halogens is 1. The molecule has 0 radical (unpaired) electrons. The molecule has 5 nitrogen and oxygen atoms in total. The maximum Gasteiger partial charge on any atom is 0.263 e. The van der Waals surface area contributed by atoms with Crippen molar-refractivity contribution in [2.24, 2.45) is 0 Å². The summed E-state index contributed by atoms with van der Waals surface area (Å²) in [6.45, 7) is 2.06. The Labute approximate surface area is 120 Å². The molecule has 0 atom stereocenters. The molecule has 2 rings (SSSR count). The van der Waals surface area contributed by atoms with E-state index >= 15 is 0 Å². The Bertz CT molecular complexity index is 652. The summed E-state index contributed by atoms with van der Waals surface area (Å²) in [5, 5.41) is 21.6. The van der Waals surface area contributed by atoms with Gasteiger partial charge in [0.25, 0.3) is 5.91 Å². The fourth-order valence-corrected chi connectivity index (χ4v) is 1.81. The van der Waals surface area contributed by atoms with Crippen molar-refractivity contribution in [3.63, 3.8) is 0 Å². The van der Waals surface area contributed by atoms with Crippen molar-refractivity contribution in [3.8, 4) is 17.2 Å². The summed E-state index contributed by atoms with van der Waals surface area (Å²) in [7, 11) is 0. The Hall–Kier alpha value is -2.76. The molecule has 0 unspecified atom stereocenters. The van der Waals surface area contributed by atoms with E-state index < -0.39 is 11.7 Å². The third kappa shape index (κ3) is 3.22. The number of carbonyl (C=O) groups is 1. The second-order valence-electron chi connectivity index (χ2n) is 4.20. The number of aromatic hydroxyl groups is 2. The lowest BCUT2D eigenvalue weighted by atomic mass is 10.1. The maximum atomic E-state index is 13.7.